The molecule has 0 aromatic heterocycles. The largest absolute Gasteiger partial charge is 0.444 e. The Hall–Kier alpha value is -1.82. The van der Waals surface area contributed by atoms with Gasteiger partial charge in [-0.2, -0.15) is 0 Å². The lowest BCUT2D eigenvalue weighted by Gasteiger charge is -2.24. The van der Waals surface area contributed by atoms with E-state index in [2.05, 4.69) is 16.0 Å². The van der Waals surface area contributed by atoms with Crippen LogP contribution in [0.4, 0.5) is 20.6 Å². The number of carbonyl (C=O) groups excluding carboxylic acids is 1. The minimum Gasteiger partial charge on any atom is -0.444 e. The molecule has 1 amide bonds. The molecule has 1 aromatic rings. The van der Waals surface area contributed by atoms with E-state index in [9.17, 15) is 9.18 Å². The topological polar surface area (TPSA) is 62.4 Å². The Kier molecular flexibility index (Phi) is 5.82. The van der Waals surface area contributed by atoms with E-state index in [1.165, 1.54) is 25.0 Å². The molecule has 0 saturated carbocycles. The van der Waals surface area contributed by atoms with Gasteiger partial charge in [-0.05, 0) is 58.4 Å². The van der Waals surface area contributed by atoms with Crippen molar-refractivity contribution in [3.63, 3.8) is 0 Å². The lowest BCUT2D eigenvalue weighted by Crippen LogP contribution is -2.39. The number of anilines is 2. The van der Waals surface area contributed by atoms with Crippen molar-refractivity contribution < 1.29 is 13.9 Å². The van der Waals surface area contributed by atoms with Crippen molar-refractivity contribution in [3.05, 3.63) is 24.0 Å². The van der Waals surface area contributed by atoms with Gasteiger partial charge in [0.25, 0.3) is 0 Å². The number of hydrogen-bond acceptors (Lipinski definition) is 4. The smallest absolute Gasteiger partial charge is 0.412 e. The summed E-state index contributed by atoms with van der Waals surface area (Å²) in [7, 11) is 0. The fourth-order valence-corrected chi connectivity index (χ4v) is 2.49. The van der Waals surface area contributed by atoms with Crippen LogP contribution in [0.3, 0.4) is 0 Å². The predicted molar refractivity (Wildman–Crippen MR) is 90.4 cm³/mol. The number of piperidine rings is 1. The van der Waals surface area contributed by atoms with E-state index in [4.69, 9.17) is 4.74 Å². The number of hydrogen-bond donors (Lipinski definition) is 3. The van der Waals surface area contributed by atoms with Gasteiger partial charge >= 0.3 is 6.09 Å². The number of ether oxygens (including phenoxy) is 1. The monoisotopic (exact) mass is 323 g/mol. The molecular formula is C17H26FN3O2. The van der Waals surface area contributed by atoms with Crippen molar-refractivity contribution in [3.8, 4) is 0 Å². The Morgan fingerprint density at radius 1 is 1.39 bits per heavy atom. The highest BCUT2D eigenvalue weighted by Gasteiger charge is 2.17. The van der Waals surface area contributed by atoms with Crippen molar-refractivity contribution in [2.24, 2.45) is 0 Å². The molecule has 6 heteroatoms. The molecule has 0 spiro atoms. The molecule has 0 aliphatic carbocycles. The zero-order valence-corrected chi connectivity index (χ0v) is 14.0. The lowest BCUT2D eigenvalue weighted by atomic mass is 10.1. The van der Waals surface area contributed by atoms with E-state index in [0.29, 0.717) is 24.0 Å². The van der Waals surface area contributed by atoms with Crippen molar-refractivity contribution >= 4 is 17.5 Å². The van der Waals surface area contributed by atoms with Crippen LogP contribution in [-0.4, -0.2) is 30.8 Å². The van der Waals surface area contributed by atoms with Crippen molar-refractivity contribution in [2.75, 3.05) is 23.7 Å². The van der Waals surface area contributed by atoms with Crippen LogP contribution in [0.2, 0.25) is 0 Å². The highest BCUT2D eigenvalue weighted by molar-refractivity contribution is 5.85. The molecule has 128 valence electrons. The average Bonchev–Trinajstić information content (AvgIpc) is 2.47. The molecular weight excluding hydrogens is 297 g/mol. The summed E-state index contributed by atoms with van der Waals surface area (Å²) in [6, 6.07) is 4.79. The maximum Gasteiger partial charge on any atom is 0.412 e. The molecule has 1 unspecified atom stereocenters. The second-order valence-electron chi connectivity index (χ2n) is 6.85. The summed E-state index contributed by atoms with van der Waals surface area (Å²) in [5.41, 5.74) is 0.309. The molecule has 1 atom stereocenters. The second-order valence-corrected chi connectivity index (χ2v) is 6.85. The van der Waals surface area contributed by atoms with Crippen LogP contribution in [0, 0.1) is 5.82 Å². The van der Waals surface area contributed by atoms with Gasteiger partial charge < -0.3 is 15.4 Å². The normalized spacial score (nSPS) is 18.3. The van der Waals surface area contributed by atoms with Gasteiger partial charge in [0.2, 0.25) is 0 Å². The summed E-state index contributed by atoms with van der Waals surface area (Å²) in [5.74, 6) is -0.337. The molecule has 1 heterocycles. The summed E-state index contributed by atoms with van der Waals surface area (Å²) in [4.78, 5) is 11.8. The van der Waals surface area contributed by atoms with E-state index < -0.39 is 11.7 Å². The van der Waals surface area contributed by atoms with E-state index >= 15 is 0 Å². The van der Waals surface area contributed by atoms with E-state index in [-0.39, 0.29) is 5.82 Å². The number of carbonyl (C=O) groups is 1. The quantitative estimate of drug-likeness (QED) is 0.790. The molecule has 1 aliphatic heterocycles. The molecule has 23 heavy (non-hydrogen) atoms. The first-order chi connectivity index (χ1) is 10.8. The van der Waals surface area contributed by atoms with Crippen LogP contribution in [0.1, 0.15) is 40.0 Å². The molecule has 1 aliphatic rings. The highest BCUT2D eigenvalue weighted by Crippen LogP contribution is 2.21. The predicted octanol–water partition coefficient (Wildman–Crippen LogP) is 3.73. The van der Waals surface area contributed by atoms with Gasteiger partial charge in [0.05, 0.1) is 5.69 Å². The summed E-state index contributed by atoms with van der Waals surface area (Å²) in [6.45, 7) is 7.05. The maximum atomic E-state index is 13.9. The lowest BCUT2D eigenvalue weighted by molar-refractivity contribution is 0.0636. The Bertz CT molecular complexity index is 537. The summed E-state index contributed by atoms with van der Waals surface area (Å²) in [6.07, 6.45) is 2.93. The van der Waals surface area contributed by atoms with Crippen LogP contribution in [0.25, 0.3) is 0 Å². The number of rotatable bonds is 4. The van der Waals surface area contributed by atoms with Crippen LogP contribution in [-0.2, 0) is 4.74 Å². The molecule has 2 rings (SSSR count). The Morgan fingerprint density at radius 3 is 2.83 bits per heavy atom. The number of amides is 1. The Morgan fingerprint density at radius 2 is 2.17 bits per heavy atom. The summed E-state index contributed by atoms with van der Waals surface area (Å²) < 4.78 is 19.1. The van der Waals surface area contributed by atoms with Gasteiger partial charge in [-0.25, -0.2) is 9.18 Å². The summed E-state index contributed by atoms with van der Waals surface area (Å²) in [5, 5.41) is 9.14. The van der Waals surface area contributed by atoms with Crippen LogP contribution in [0.15, 0.2) is 18.2 Å². The molecule has 5 nitrogen and oxygen atoms in total. The fourth-order valence-electron chi connectivity index (χ4n) is 2.49. The average molecular weight is 323 g/mol. The molecule has 1 aromatic carbocycles. The number of benzene rings is 1. The van der Waals surface area contributed by atoms with Gasteiger partial charge in [-0.15, -0.1) is 0 Å². The van der Waals surface area contributed by atoms with Gasteiger partial charge in [-0.3, -0.25) is 5.32 Å². The van der Waals surface area contributed by atoms with Crippen LogP contribution >= 0.6 is 0 Å². The first-order valence-electron chi connectivity index (χ1n) is 8.10. The maximum absolute atomic E-state index is 13.9. The van der Waals surface area contributed by atoms with E-state index in [0.717, 1.165) is 13.0 Å². The third-order valence-corrected chi connectivity index (χ3v) is 3.56. The van der Waals surface area contributed by atoms with Gasteiger partial charge in [-0.1, -0.05) is 6.42 Å². The molecule has 1 fully saturated rings. The van der Waals surface area contributed by atoms with E-state index in [1.807, 2.05) is 0 Å². The fraction of sp³-hybridized carbons (Fsp3) is 0.588. The second kappa shape index (κ2) is 7.64. The first kappa shape index (κ1) is 17.5. The third-order valence-electron chi connectivity index (χ3n) is 3.56. The van der Waals surface area contributed by atoms with Crippen molar-refractivity contribution in [1.29, 1.82) is 0 Å². The highest BCUT2D eigenvalue weighted by atomic mass is 19.1. The zero-order chi connectivity index (χ0) is 16.9. The summed E-state index contributed by atoms with van der Waals surface area (Å²) >= 11 is 0. The Balaban J connectivity index is 1.93. The minimum absolute atomic E-state index is 0.337. The number of nitrogens with one attached hydrogen (secondary N) is 3. The van der Waals surface area contributed by atoms with Gasteiger partial charge in [0.15, 0.2) is 0 Å². The van der Waals surface area contributed by atoms with Gasteiger partial charge in [0, 0.05) is 18.3 Å². The Labute approximate surface area is 137 Å². The minimum atomic E-state index is -0.572. The molecule has 3 N–H and O–H groups in total. The standard InChI is InChI=1S/C17H26FN3O2/c1-17(2,3)23-16(22)21-12-7-8-14(18)15(10-12)20-11-13-6-4-5-9-19-13/h7-8,10,13,19-20H,4-6,9,11H2,1-3H3,(H,21,22). The SMILES string of the molecule is CC(C)(C)OC(=O)Nc1ccc(F)c(NCC2CCCCN2)c1. The van der Waals surface area contributed by atoms with E-state index in [1.54, 1.807) is 26.8 Å². The first-order valence-corrected chi connectivity index (χ1v) is 8.10. The molecule has 1 saturated heterocycles. The van der Waals surface area contributed by atoms with Crippen LogP contribution < -0.4 is 16.0 Å². The van der Waals surface area contributed by atoms with Crippen LogP contribution in [0.5, 0.6) is 0 Å². The molecule has 0 radical (unpaired) electrons. The van der Waals surface area contributed by atoms with Gasteiger partial charge in [0.1, 0.15) is 11.4 Å². The zero-order valence-electron chi connectivity index (χ0n) is 14.0. The number of halogens is 1. The van der Waals surface area contributed by atoms with Crippen molar-refractivity contribution in [2.45, 2.75) is 51.7 Å². The van der Waals surface area contributed by atoms with Crippen molar-refractivity contribution in [1.82, 2.24) is 5.32 Å². The molecule has 0 bridgehead atoms. The third kappa shape index (κ3) is 6.06.